The van der Waals surface area contributed by atoms with Gasteiger partial charge in [0.2, 0.25) is 0 Å². The number of halogens is 2. The zero-order valence-electron chi connectivity index (χ0n) is 8.96. The summed E-state index contributed by atoms with van der Waals surface area (Å²) >= 11 is 0. The summed E-state index contributed by atoms with van der Waals surface area (Å²) < 4.78 is 29.5. The number of esters is 1. The summed E-state index contributed by atoms with van der Waals surface area (Å²) in [4.78, 5) is 14.9. The van der Waals surface area contributed by atoms with Gasteiger partial charge in [-0.2, -0.15) is 0 Å². The summed E-state index contributed by atoms with van der Waals surface area (Å²) in [6.07, 6.45) is -2.75. The number of carbonyl (C=O) groups is 1. The summed E-state index contributed by atoms with van der Waals surface area (Å²) in [6.45, 7) is 1.43. The number of nitrogens with two attached hydrogens (primary N) is 1. The molecule has 0 aliphatic heterocycles. The Kier molecular flexibility index (Phi) is 3.76. The van der Waals surface area contributed by atoms with Crippen molar-refractivity contribution in [3.8, 4) is 0 Å². The zero-order chi connectivity index (χ0) is 12.3. The summed E-state index contributed by atoms with van der Waals surface area (Å²) in [7, 11) is 1.24. The summed E-state index contributed by atoms with van der Waals surface area (Å²) in [6, 6.07) is 1.27. The highest BCUT2D eigenvalue weighted by molar-refractivity contribution is 5.72. The van der Waals surface area contributed by atoms with E-state index in [0.29, 0.717) is 5.69 Å². The molecule has 4 nitrogen and oxygen atoms in total. The topological polar surface area (TPSA) is 65.2 Å². The van der Waals surface area contributed by atoms with Crippen molar-refractivity contribution in [1.82, 2.24) is 4.98 Å². The number of anilines is 1. The predicted octanol–water partition coefficient (Wildman–Crippen LogP) is 1.63. The molecule has 0 saturated carbocycles. The zero-order valence-corrected chi connectivity index (χ0v) is 8.96. The van der Waals surface area contributed by atoms with Gasteiger partial charge in [-0.05, 0) is 13.0 Å². The number of aromatic nitrogens is 1. The number of methoxy groups -OCH3 is 1. The SMILES string of the molecule is COC(=O)Cc1cc(N)c(C(F)F)c(C)n1. The van der Waals surface area contributed by atoms with E-state index in [1.54, 1.807) is 0 Å². The van der Waals surface area contributed by atoms with Gasteiger partial charge < -0.3 is 10.5 Å². The first-order valence-corrected chi connectivity index (χ1v) is 4.56. The number of ether oxygens (including phenoxy) is 1. The molecule has 0 unspecified atom stereocenters. The molecule has 0 aliphatic rings. The third-order valence-electron chi connectivity index (χ3n) is 2.11. The fraction of sp³-hybridized carbons (Fsp3) is 0.400. The third kappa shape index (κ3) is 2.65. The number of nitrogen functional groups attached to an aromatic ring is 1. The molecule has 1 rings (SSSR count). The van der Waals surface area contributed by atoms with E-state index in [2.05, 4.69) is 9.72 Å². The van der Waals surface area contributed by atoms with Crippen molar-refractivity contribution >= 4 is 11.7 Å². The van der Waals surface area contributed by atoms with E-state index in [4.69, 9.17) is 5.73 Å². The van der Waals surface area contributed by atoms with Crippen LogP contribution in [0.2, 0.25) is 0 Å². The number of nitrogens with zero attached hydrogens (tertiary/aromatic N) is 1. The van der Waals surface area contributed by atoms with E-state index in [1.165, 1.54) is 20.1 Å². The van der Waals surface area contributed by atoms with Gasteiger partial charge in [-0.3, -0.25) is 9.78 Å². The molecule has 0 aromatic carbocycles. The molecular weight excluding hydrogens is 218 g/mol. The van der Waals surface area contributed by atoms with Gasteiger partial charge in [-0.1, -0.05) is 0 Å². The monoisotopic (exact) mass is 230 g/mol. The van der Waals surface area contributed by atoms with Gasteiger partial charge >= 0.3 is 5.97 Å². The van der Waals surface area contributed by atoms with Gasteiger partial charge in [-0.15, -0.1) is 0 Å². The molecule has 88 valence electrons. The molecule has 0 amide bonds. The van der Waals surface area contributed by atoms with E-state index in [9.17, 15) is 13.6 Å². The van der Waals surface area contributed by atoms with E-state index in [-0.39, 0.29) is 23.4 Å². The lowest BCUT2D eigenvalue weighted by atomic mass is 10.1. The van der Waals surface area contributed by atoms with Crippen LogP contribution < -0.4 is 5.73 Å². The van der Waals surface area contributed by atoms with Crippen LogP contribution in [0.3, 0.4) is 0 Å². The fourth-order valence-electron chi connectivity index (χ4n) is 1.37. The van der Waals surface area contributed by atoms with Crippen molar-refractivity contribution in [3.63, 3.8) is 0 Å². The standard InChI is InChI=1S/C10H12F2N2O2/c1-5-9(10(11)12)7(13)3-6(14-5)4-8(15)16-2/h3,10H,4H2,1-2H3,(H2,13,14). The number of rotatable bonds is 3. The molecule has 16 heavy (non-hydrogen) atoms. The van der Waals surface area contributed by atoms with Crippen LogP contribution in [0.1, 0.15) is 23.4 Å². The number of alkyl halides is 2. The minimum Gasteiger partial charge on any atom is -0.469 e. The Morgan fingerprint density at radius 3 is 2.69 bits per heavy atom. The van der Waals surface area contributed by atoms with Gasteiger partial charge in [-0.25, -0.2) is 8.78 Å². The molecule has 0 bridgehead atoms. The maximum absolute atomic E-state index is 12.5. The molecule has 0 saturated heterocycles. The Bertz CT molecular complexity index is 385. The maximum atomic E-state index is 12.5. The number of hydrogen-bond acceptors (Lipinski definition) is 4. The molecule has 0 fully saturated rings. The molecule has 2 N–H and O–H groups in total. The van der Waals surface area contributed by atoms with E-state index in [0.717, 1.165) is 0 Å². The fourth-order valence-corrected chi connectivity index (χ4v) is 1.37. The highest BCUT2D eigenvalue weighted by Crippen LogP contribution is 2.27. The van der Waals surface area contributed by atoms with Crippen LogP contribution in [-0.2, 0) is 16.0 Å². The van der Waals surface area contributed by atoms with E-state index in [1.807, 2.05) is 0 Å². The maximum Gasteiger partial charge on any atom is 0.311 e. The summed E-state index contributed by atoms with van der Waals surface area (Å²) in [5, 5.41) is 0. The lowest BCUT2D eigenvalue weighted by Gasteiger charge is -2.09. The summed E-state index contributed by atoms with van der Waals surface area (Å²) in [5.41, 5.74) is 5.59. The van der Waals surface area contributed by atoms with Crippen LogP contribution in [-0.4, -0.2) is 18.1 Å². The number of pyridine rings is 1. The Labute approximate surface area is 91.4 Å². The van der Waals surface area contributed by atoms with Gasteiger partial charge in [0.05, 0.1) is 24.8 Å². The molecule has 0 spiro atoms. The number of carbonyl (C=O) groups excluding carboxylic acids is 1. The minimum atomic E-state index is -2.67. The predicted molar refractivity (Wildman–Crippen MR) is 54.1 cm³/mol. The highest BCUT2D eigenvalue weighted by atomic mass is 19.3. The van der Waals surface area contributed by atoms with Crippen LogP contribution in [0, 0.1) is 6.92 Å². The second kappa shape index (κ2) is 4.87. The molecule has 6 heteroatoms. The van der Waals surface area contributed by atoms with Crippen molar-refractivity contribution < 1.29 is 18.3 Å². The lowest BCUT2D eigenvalue weighted by Crippen LogP contribution is -2.09. The second-order valence-electron chi connectivity index (χ2n) is 3.26. The average Bonchev–Trinajstić information content (AvgIpc) is 2.15. The van der Waals surface area contributed by atoms with Crippen LogP contribution in [0.5, 0.6) is 0 Å². The molecule has 0 radical (unpaired) electrons. The van der Waals surface area contributed by atoms with E-state index >= 15 is 0 Å². The van der Waals surface area contributed by atoms with Gasteiger partial charge in [0.25, 0.3) is 6.43 Å². The lowest BCUT2D eigenvalue weighted by molar-refractivity contribution is -0.139. The molecule has 0 aliphatic carbocycles. The highest BCUT2D eigenvalue weighted by Gasteiger charge is 2.17. The van der Waals surface area contributed by atoms with Crippen molar-refractivity contribution in [3.05, 3.63) is 23.0 Å². The van der Waals surface area contributed by atoms with Gasteiger partial charge in [0, 0.05) is 11.4 Å². The second-order valence-corrected chi connectivity index (χ2v) is 3.26. The van der Waals surface area contributed by atoms with Crippen LogP contribution in [0.25, 0.3) is 0 Å². The first kappa shape index (κ1) is 12.4. The Morgan fingerprint density at radius 2 is 2.25 bits per heavy atom. The van der Waals surface area contributed by atoms with Crippen molar-refractivity contribution in [2.24, 2.45) is 0 Å². The van der Waals surface area contributed by atoms with Gasteiger partial charge in [0.1, 0.15) is 0 Å². The first-order valence-electron chi connectivity index (χ1n) is 4.56. The van der Waals surface area contributed by atoms with E-state index < -0.39 is 12.4 Å². The van der Waals surface area contributed by atoms with Crippen molar-refractivity contribution in [2.75, 3.05) is 12.8 Å². The Balaban J connectivity index is 3.05. The third-order valence-corrected chi connectivity index (χ3v) is 2.11. The van der Waals surface area contributed by atoms with Crippen molar-refractivity contribution in [2.45, 2.75) is 19.8 Å². The van der Waals surface area contributed by atoms with Gasteiger partial charge in [0.15, 0.2) is 0 Å². The molecule has 1 aromatic heterocycles. The molecular formula is C10H12F2N2O2. The quantitative estimate of drug-likeness (QED) is 0.801. The summed E-state index contributed by atoms with van der Waals surface area (Å²) in [5.74, 6) is -0.490. The Hall–Kier alpha value is -1.72. The van der Waals surface area contributed by atoms with Crippen LogP contribution in [0.15, 0.2) is 6.07 Å². The number of aryl methyl sites for hydroxylation is 1. The van der Waals surface area contributed by atoms with Crippen molar-refractivity contribution in [1.29, 1.82) is 0 Å². The van der Waals surface area contributed by atoms with Crippen LogP contribution >= 0.6 is 0 Å². The average molecular weight is 230 g/mol. The Morgan fingerprint density at radius 1 is 1.62 bits per heavy atom. The largest absolute Gasteiger partial charge is 0.469 e. The minimum absolute atomic E-state index is 0.0543. The van der Waals surface area contributed by atoms with Crippen LogP contribution in [0.4, 0.5) is 14.5 Å². The normalized spacial score (nSPS) is 10.6. The number of hydrogen-bond donors (Lipinski definition) is 1. The smallest absolute Gasteiger partial charge is 0.311 e. The molecule has 0 atom stereocenters. The molecule has 1 aromatic rings. The molecule has 1 heterocycles. The first-order chi connectivity index (χ1) is 7.45.